The molecule has 0 spiro atoms. The summed E-state index contributed by atoms with van der Waals surface area (Å²) in [6.07, 6.45) is 7.33. The molecule has 2 fully saturated rings. The Morgan fingerprint density at radius 3 is 2.62 bits per heavy atom. The van der Waals surface area contributed by atoms with Crippen LogP contribution in [-0.2, 0) is 17.7 Å². The Balaban J connectivity index is 1.32. The summed E-state index contributed by atoms with van der Waals surface area (Å²) in [7, 11) is 1.75. The number of carbonyl (C=O) groups excluding carboxylic acids is 1. The number of aromatic amines is 1. The lowest BCUT2D eigenvalue weighted by atomic mass is 9.85. The molecular formula is C27H34N4O3. The predicted molar refractivity (Wildman–Crippen MR) is 133 cm³/mol. The molecule has 0 bridgehead atoms. The molecule has 180 valence electrons. The molecule has 0 radical (unpaired) electrons. The number of carbonyl (C=O) groups is 1. The lowest BCUT2D eigenvalue weighted by Crippen LogP contribution is -2.35. The van der Waals surface area contributed by atoms with Gasteiger partial charge < -0.3 is 14.7 Å². The summed E-state index contributed by atoms with van der Waals surface area (Å²) in [5.41, 5.74) is 4.08. The Morgan fingerprint density at radius 1 is 1.15 bits per heavy atom. The highest BCUT2D eigenvalue weighted by atomic mass is 16.5. The number of rotatable bonds is 6. The van der Waals surface area contributed by atoms with E-state index in [-0.39, 0.29) is 11.7 Å². The van der Waals surface area contributed by atoms with Crippen molar-refractivity contribution in [3.8, 4) is 5.75 Å². The average molecular weight is 463 g/mol. The minimum Gasteiger partial charge on any atom is -0.507 e. The zero-order valence-corrected chi connectivity index (χ0v) is 19.9. The van der Waals surface area contributed by atoms with Crippen LogP contribution in [0.2, 0.25) is 0 Å². The van der Waals surface area contributed by atoms with Gasteiger partial charge in [-0.2, -0.15) is 5.10 Å². The summed E-state index contributed by atoms with van der Waals surface area (Å²) in [6, 6.07) is 11.5. The predicted octanol–water partition coefficient (Wildman–Crippen LogP) is 4.50. The van der Waals surface area contributed by atoms with Gasteiger partial charge in [-0.25, -0.2) is 0 Å². The second-order valence-electron chi connectivity index (χ2n) is 9.72. The molecule has 2 heterocycles. The first kappa shape index (κ1) is 22.9. The molecule has 2 aromatic carbocycles. The van der Waals surface area contributed by atoms with Crippen LogP contribution in [0.25, 0.3) is 10.9 Å². The van der Waals surface area contributed by atoms with E-state index in [1.165, 1.54) is 37.7 Å². The van der Waals surface area contributed by atoms with Crippen LogP contribution in [0.1, 0.15) is 53.7 Å². The maximum Gasteiger partial charge on any atom is 0.261 e. The van der Waals surface area contributed by atoms with Crippen LogP contribution in [0.15, 0.2) is 36.4 Å². The average Bonchev–Trinajstić information content (AvgIpc) is 3.25. The molecule has 0 atom stereocenters. The molecule has 1 amide bonds. The van der Waals surface area contributed by atoms with Gasteiger partial charge in [-0.1, -0.05) is 44.2 Å². The monoisotopic (exact) mass is 462 g/mol. The molecule has 2 aliphatic rings. The minimum absolute atomic E-state index is 0.0380. The fourth-order valence-corrected chi connectivity index (χ4v) is 5.25. The molecule has 3 aromatic rings. The quantitative estimate of drug-likeness (QED) is 0.564. The third-order valence-electron chi connectivity index (χ3n) is 7.34. The van der Waals surface area contributed by atoms with Crippen molar-refractivity contribution >= 4 is 22.5 Å². The smallest absolute Gasteiger partial charge is 0.261 e. The largest absolute Gasteiger partial charge is 0.507 e. The first-order chi connectivity index (χ1) is 16.6. The van der Waals surface area contributed by atoms with Gasteiger partial charge >= 0.3 is 0 Å². The van der Waals surface area contributed by atoms with E-state index < -0.39 is 0 Å². The number of benzene rings is 2. The van der Waals surface area contributed by atoms with E-state index in [0.717, 1.165) is 56.0 Å². The zero-order chi connectivity index (χ0) is 23.5. The van der Waals surface area contributed by atoms with Crippen molar-refractivity contribution in [2.24, 2.45) is 5.92 Å². The number of nitrogens with zero attached hydrogens (tertiary/aromatic N) is 3. The standard InChI is InChI=1S/C27H34N4O3/c1-30(21-9-7-20(8-10-21)18-31-11-13-34-14-12-31)27(33)23-16-22-24(15-19-5-3-2-4-6-19)28-29-25(22)17-26(23)32/h7-10,16-17,19,32H,2-6,11-15,18H2,1H3,(H,28,29). The number of phenolic OH excluding ortho intramolecular Hbond substituents is 1. The van der Waals surface area contributed by atoms with Gasteiger partial charge in [-0.05, 0) is 36.1 Å². The van der Waals surface area contributed by atoms with Crippen molar-refractivity contribution in [2.75, 3.05) is 38.3 Å². The first-order valence-corrected chi connectivity index (χ1v) is 12.5. The molecule has 1 aliphatic heterocycles. The number of aromatic hydroxyl groups is 1. The number of nitrogens with one attached hydrogen (secondary N) is 1. The summed E-state index contributed by atoms with van der Waals surface area (Å²) in [5.74, 6) is 0.387. The summed E-state index contributed by atoms with van der Waals surface area (Å²) < 4.78 is 5.42. The van der Waals surface area contributed by atoms with Gasteiger partial charge in [0.1, 0.15) is 5.75 Å². The van der Waals surface area contributed by atoms with Crippen molar-refractivity contribution in [3.63, 3.8) is 0 Å². The van der Waals surface area contributed by atoms with Crippen LogP contribution in [0.5, 0.6) is 5.75 Å². The Bertz CT molecular complexity index is 1130. The van der Waals surface area contributed by atoms with Gasteiger partial charge in [-0.3, -0.25) is 14.8 Å². The van der Waals surface area contributed by atoms with E-state index in [0.29, 0.717) is 17.0 Å². The topological polar surface area (TPSA) is 81.7 Å². The number of hydrogen-bond acceptors (Lipinski definition) is 5. The number of H-pyrrole nitrogens is 1. The summed E-state index contributed by atoms with van der Waals surface area (Å²) in [6.45, 7) is 4.32. The second-order valence-corrected chi connectivity index (χ2v) is 9.72. The number of hydrogen-bond donors (Lipinski definition) is 2. The number of phenols is 1. The van der Waals surface area contributed by atoms with Crippen LogP contribution in [0, 0.1) is 5.92 Å². The lowest BCUT2D eigenvalue weighted by Gasteiger charge is -2.26. The molecule has 34 heavy (non-hydrogen) atoms. The molecule has 1 aromatic heterocycles. The molecular weight excluding hydrogens is 428 g/mol. The third kappa shape index (κ3) is 4.95. The molecule has 0 unspecified atom stereocenters. The van der Waals surface area contributed by atoms with Gasteiger partial charge in [0.2, 0.25) is 0 Å². The summed E-state index contributed by atoms with van der Waals surface area (Å²) in [5, 5.41) is 19.1. The maximum absolute atomic E-state index is 13.3. The van der Waals surface area contributed by atoms with Crippen LogP contribution in [-0.4, -0.2) is 59.5 Å². The van der Waals surface area contributed by atoms with E-state index in [4.69, 9.17) is 4.74 Å². The van der Waals surface area contributed by atoms with E-state index in [1.54, 1.807) is 24.1 Å². The van der Waals surface area contributed by atoms with Crippen LogP contribution < -0.4 is 4.90 Å². The van der Waals surface area contributed by atoms with Crippen molar-refractivity contribution < 1.29 is 14.6 Å². The minimum atomic E-state index is -0.231. The van der Waals surface area contributed by atoms with Crippen LogP contribution >= 0.6 is 0 Å². The molecule has 2 N–H and O–H groups in total. The highest BCUT2D eigenvalue weighted by Gasteiger charge is 2.22. The number of morpholine rings is 1. The highest BCUT2D eigenvalue weighted by Crippen LogP contribution is 2.32. The second kappa shape index (κ2) is 10.2. The Hall–Kier alpha value is -2.90. The normalized spacial score (nSPS) is 17.8. The van der Waals surface area contributed by atoms with E-state index in [9.17, 15) is 9.90 Å². The highest BCUT2D eigenvalue weighted by molar-refractivity contribution is 6.09. The van der Waals surface area contributed by atoms with E-state index in [1.807, 2.05) is 12.1 Å². The van der Waals surface area contributed by atoms with Crippen LogP contribution in [0.4, 0.5) is 5.69 Å². The summed E-state index contributed by atoms with van der Waals surface area (Å²) >= 11 is 0. The molecule has 1 saturated carbocycles. The van der Waals surface area contributed by atoms with Crippen molar-refractivity contribution in [2.45, 2.75) is 45.1 Å². The third-order valence-corrected chi connectivity index (χ3v) is 7.34. The van der Waals surface area contributed by atoms with Gasteiger partial charge in [0.05, 0.1) is 24.3 Å². The molecule has 1 aliphatic carbocycles. The molecule has 5 rings (SSSR count). The number of anilines is 1. The van der Waals surface area contributed by atoms with Gasteiger partial charge in [0, 0.05) is 49.5 Å². The molecule has 7 nitrogen and oxygen atoms in total. The summed E-state index contributed by atoms with van der Waals surface area (Å²) in [4.78, 5) is 17.3. The van der Waals surface area contributed by atoms with E-state index >= 15 is 0 Å². The molecule has 7 heteroatoms. The number of aromatic nitrogens is 2. The first-order valence-electron chi connectivity index (χ1n) is 12.5. The Labute approximate surface area is 200 Å². The fourth-order valence-electron chi connectivity index (χ4n) is 5.25. The Morgan fingerprint density at radius 2 is 1.88 bits per heavy atom. The SMILES string of the molecule is CN(C(=O)c1cc2c(CC3CCCCC3)[nH]nc2cc1O)c1ccc(CN2CCOCC2)cc1. The van der Waals surface area contributed by atoms with Crippen molar-refractivity contribution in [1.29, 1.82) is 0 Å². The number of ether oxygens (including phenoxy) is 1. The maximum atomic E-state index is 13.3. The van der Waals surface area contributed by atoms with Gasteiger partial charge in [-0.15, -0.1) is 0 Å². The Kier molecular flexibility index (Phi) is 6.83. The number of fused-ring (bicyclic) bond motifs is 1. The fraction of sp³-hybridized carbons (Fsp3) is 0.481. The van der Waals surface area contributed by atoms with Gasteiger partial charge in [0.15, 0.2) is 0 Å². The number of amides is 1. The van der Waals surface area contributed by atoms with Gasteiger partial charge in [0.25, 0.3) is 5.91 Å². The van der Waals surface area contributed by atoms with E-state index in [2.05, 4.69) is 27.2 Å². The van der Waals surface area contributed by atoms with Crippen molar-refractivity contribution in [1.82, 2.24) is 15.1 Å². The lowest BCUT2D eigenvalue weighted by molar-refractivity contribution is 0.0342. The van der Waals surface area contributed by atoms with Crippen molar-refractivity contribution in [3.05, 3.63) is 53.2 Å². The van der Waals surface area contributed by atoms with Crippen LogP contribution in [0.3, 0.4) is 0 Å². The molecule has 1 saturated heterocycles. The zero-order valence-electron chi connectivity index (χ0n) is 19.9.